The van der Waals surface area contributed by atoms with Crippen molar-refractivity contribution in [1.82, 2.24) is 0 Å². The molecule has 0 aliphatic rings. The number of rotatable bonds is 6. The van der Waals surface area contributed by atoms with Crippen LogP contribution in [0.25, 0.3) is 0 Å². The van der Waals surface area contributed by atoms with Gasteiger partial charge in [0.1, 0.15) is 0 Å². The van der Waals surface area contributed by atoms with Crippen molar-refractivity contribution in [1.29, 1.82) is 0 Å². The first kappa shape index (κ1) is 18.6. The largest absolute Gasteiger partial charge is 0.504 e. The van der Waals surface area contributed by atoms with Gasteiger partial charge in [-0.05, 0) is 12.1 Å². The predicted octanol–water partition coefficient (Wildman–Crippen LogP) is 3.46. The Morgan fingerprint density at radius 2 is 0.920 bits per heavy atom. The Bertz CT molecular complexity index is 703. The first-order valence-corrected chi connectivity index (χ1v) is 7.72. The molecule has 0 heterocycles. The standard InChI is InChI=1S/C19H24O6/c1-19(2,11-7-9-13(20)17(24-5)15(11)22-3)12-8-10-14(21)18(25-6)16(12)23-4/h7-10,20-21H,1-6H3. The summed E-state index contributed by atoms with van der Waals surface area (Å²) in [5.74, 6) is 1.38. The molecule has 0 aliphatic heterocycles. The van der Waals surface area contributed by atoms with Gasteiger partial charge in [0, 0.05) is 16.5 Å². The monoisotopic (exact) mass is 348 g/mol. The molecule has 6 nitrogen and oxygen atoms in total. The van der Waals surface area contributed by atoms with Crippen LogP contribution in [0.4, 0.5) is 0 Å². The molecule has 0 unspecified atom stereocenters. The first-order chi connectivity index (χ1) is 11.8. The van der Waals surface area contributed by atoms with E-state index in [9.17, 15) is 10.2 Å². The molecule has 6 heteroatoms. The summed E-state index contributed by atoms with van der Waals surface area (Å²) in [5, 5.41) is 20.0. The molecule has 0 spiro atoms. The van der Waals surface area contributed by atoms with Gasteiger partial charge in [-0.25, -0.2) is 0 Å². The number of hydrogen-bond donors (Lipinski definition) is 2. The number of hydrogen-bond acceptors (Lipinski definition) is 6. The van der Waals surface area contributed by atoms with E-state index in [1.165, 1.54) is 28.4 Å². The Hall–Kier alpha value is -2.76. The van der Waals surface area contributed by atoms with Gasteiger partial charge in [-0.2, -0.15) is 0 Å². The molecule has 0 atom stereocenters. The van der Waals surface area contributed by atoms with Crippen LogP contribution in [-0.4, -0.2) is 38.7 Å². The fourth-order valence-corrected chi connectivity index (χ4v) is 3.03. The predicted molar refractivity (Wildman–Crippen MR) is 94.5 cm³/mol. The van der Waals surface area contributed by atoms with E-state index < -0.39 is 5.41 Å². The van der Waals surface area contributed by atoms with Crippen molar-refractivity contribution < 1.29 is 29.2 Å². The van der Waals surface area contributed by atoms with Crippen LogP contribution in [0.2, 0.25) is 0 Å². The lowest BCUT2D eigenvalue weighted by Gasteiger charge is -2.30. The van der Waals surface area contributed by atoms with E-state index in [1.807, 2.05) is 13.8 Å². The Balaban J connectivity index is 2.76. The number of methoxy groups -OCH3 is 4. The van der Waals surface area contributed by atoms with Crippen molar-refractivity contribution in [3.05, 3.63) is 35.4 Å². The third-order valence-electron chi connectivity index (χ3n) is 4.35. The van der Waals surface area contributed by atoms with Crippen molar-refractivity contribution in [2.45, 2.75) is 19.3 Å². The molecule has 25 heavy (non-hydrogen) atoms. The summed E-state index contributed by atoms with van der Waals surface area (Å²) >= 11 is 0. The number of phenolic OH excluding ortho intramolecular Hbond substituents is 2. The summed E-state index contributed by atoms with van der Waals surface area (Å²) < 4.78 is 21.6. The highest BCUT2D eigenvalue weighted by Gasteiger charge is 2.34. The number of phenols is 2. The van der Waals surface area contributed by atoms with E-state index in [4.69, 9.17) is 18.9 Å². The third kappa shape index (κ3) is 2.99. The van der Waals surface area contributed by atoms with E-state index in [-0.39, 0.29) is 23.0 Å². The molecule has 0 fully saturated rings. The summed E-state index contributed by atoms with van der Waals surface area (Å²) in [6.07, 6.45) is 0. The molecule has 0 bridgehead atoms. The zero-order valence-electron chi connectivity index (χ0n) is 15.3. The van der Waals surface area contributed by atoms with Crippen LogP contribution >= 0.6 is 0 Å². The third-order valence-corrected chi connectivity index (χ3v) is 4.35. The van der Waals surface area contributed by atoms with Gasteiger partial charge in [-0.15, -0.1) is 0 Å². The highest BCUT2D eigenvalue weighted by molar-refractivity contribution is 5.64. The molecule has 2 N–H and O–H groups in total. The summed E-state index contributed by atoms with van der Waals surface area (Å²) in [7, 11) is 5.98. The number of benzene rings is 2. The van der Waals surface area contributed by atoms with Gasteiger partial charge < -0.3 is 29.2 Å². The molecule has 136 valence electrons. The molecule has 0 aromatic heterocycles. The van der Waals surface area contributed by atoms with Crippen molar-refractivity contribution in [3.8, 4) is 34.5 Å². The fraction of sp³-hybridized carbons (Fsp3) is 0.368. The molecule has 2 rings (SSSR count). The van der Waals surface area contributed by atoms with E-state index in [0.29, 0.717) is 11.5 Å². The Morgan fingerprint density at radius 1 is 0.600 bits per heavy atom. The van der Waals surface area contributed by atoms with E-state index >= 15 is 0 Å². The zero-order chi connectivity index (χ0) is 18.8. The average Bonchev–Trinajstić information content (AvgIpc) is 2.60. The lowest BCUT2D eigenvalue weighted by molar-refractivity contribution is 0.320. The van der Waals surface area contributed by atoms with Crippen LogP contribution < -0.4 is 18.9 Å². The second-order valence-corrected chi connectivity index (χ2v) is 6.02. The molecular formula is C19H24O6. The number of ether oxygens (including phenoxy) is 4. The molecule has 0 saturated heterocycles. The summed E-state index contributed by atoms with van der Waals surface area (Å²) in [4.78, 5) is 0. The van der Waals surface area contributed by atoms with Crippen LogP contribution in [0.3, 0.4) is 0 Å². The topological polar surface area (TPSA) is 77.4 Å². The van der Waals surface area contributed by atoms with E-state index in [1.54, 1.807) is 24.3 Å². The second kappa shape index (κ2) is 7.01. The molecule has 2 aromatic rings. The summed E-state index contributed by atoms with van der Waals surface area (Å²) in [5.41, 5.74) is 0.977. The lowest BCUT2D eigenvalue weighted by atomic mass is 9.76. The summed E-state index contributed by atoms with van der Waals surface area (Å²) in [6, 6.07) is 6.66. The normalized spacial score (nSPS) is 11.1. The van der Waals surface area contributed by atoms with Gasteiger partial charge in [-0.1, -0.05) is 26.0 Å². The van der Waals surface area contributed by atoms with Crippen molar-refractivity contribution in [2.75, 3.05) is 28.4 Å². The van der Waals surface area contributed by atoms with Gasteiger partial charge in [-0.3, -0.25) is 0 Å². The van der Waals surface area contributed by atoms with Gasteiger partial charge in [0.15, 0.2) is 23.0 Å². The second-order valence-electron chi connectivity index (χ2n) is 6.02. The highest BCUT2D eigenvalue weighted by atomic mass is 16.5. The van der Waals surface area contributed by atoms with Crippen LogP contribution in [0.15, 0.2) is 24.3 Å². The Labute approximate surface area is 147 Å². The minimum atomic E-state index is -0.599. The smallest absolute Gasteiger partial charge is 0.203 e. The van der Waals surface area contributed by atoms with Gasteiger partial charge in [0.2, 0.25) is 11.5 Å². The Morgan fingerprint density at radius 3 is 1.20 bits per heavy atom. The van der Waals surface area contributed by atoms with Crippen LogP contribution in [0.5, 0.6) is 34.5 Å². The maximum Gasteiger partial charge on any atom is 0.203 e. The van der Waals surface area contributed by atoms with Gasteiger partial charge in [0.25, 0.3) is 0 Å². The minimum Gasteiger partial charge on any atom is -0.504 e. The van der Waals surface area contributed by atoms with Crippen molar-refractivity contribution in [2.24, 2.45) is 0 Å². The quantitative estimate of drug-likeness (QED) is 0.832. The lowest BCUT2D eigenvalue weighted by Crippen LogP contribution is -2.21. The van der Waals surface area contributed by atoms with Crippen molar-refractivity contribution >= 4 is 0 Å². The van der Waals surface area contributed by atoms with Crippen LogP contribution in [-0.2, 0) is 5.41 Å². The molecule has 0 amide bonds. The molecule has 0 radical (unpaired) electrons. The van der Waals surface area contributed by atoms with Crippen LogP contribution in [0, 0.1) is 0 Å². The molecule has 0 aliphatic carbocycles. The van der Waals surface area contributed by atoms with Gasteiger partial charge >= 0.3 is 0 Å². The maximum atomic E-state index is 10.0. The highest BCUT2D eigenvalue weighted by Crippen LogP contribution is 2.50. The minimum absolute atomic E-state index is 0.00542. The Kier molecular flexibility index (Phi) is 5.21. The summed E-state index contributed by atoms with van der Waals surface area (Å²) in [6.45, 7) is 3.96. The zero-order valence-corrected chi connectivity index (χ0v) is 15.3. The average molecular weight is 348 g/mol. The van der Waals surface area contributed by atoms with E-state index in [2.05, 4.69) is 0 Å². The van der Waals surface area contributed by atoms with Gasteiger partial charge in [0.05, 0.1) is 28.4 Å². The molecule has 2 aromatic carbocycles. The van der Waals surface area contributed by atoms with E-state index in [0.717, 1.165) is 11.1 Å². The maximum absolute atomic E-state index is 10.0. The SMILES string of the molecule is COc1c(O)ccc(C(C)(C)c2ccc(O)c(OC)c2OC)c1OC. The number of aromatic hydroxyl groups is 2. The first-order valence-electron chi connectivity index (χ1n) is 7.72. The fourth-order valence-electron chi connectivity index (χ4n) is 3.03. The van der Waals surface area contributed by atoms with Crippen LogP contribution in [0.1, 0.15) is 25.0 Å². The van der Waals surface area contributed by atoms with Crippen molar-refractivity contribution in [3.63, 3.8) is 0 Å². The molecule has 0 saturated carbocycles. The molecular weight excluding hydrogens is 324 g/mol.